The van der Waals surface area contributed by atoms with Crippen LogP contribution in [0, 0.1) is 0 Å². The van der Waals surface area contributed by atoms with E-state index in [-0.39, 0.29) is 11.5 Å². The zero-order chi connectivity index (χ0) is 13.1. The van der Waals surface area contributed by atoms with Crippen LogP contribution in [0.4, 0.5) is 0 Å². The molecule has 0 spiro atoms. The fraction of sp³-hybridized carbons (Fsp3) is 0.143. The van der Waals surface area contributed by atoms with Gasteiger partial charge >= 0.3 is 0 Å². The van der Waals surface area contributed by atoms with E-state index < -0.39 is 12.2 Å². The van der Waals surface area contributed by atoms with E-state index in [0.29, 0.717) is 11.1 Å². The third kappa shape index (κ3) is 2.61. The molecule has 0 radical (unpaired) electrons. The van der Waals surface area contributed by atoms with Gasteiger partial charge in [0.25, 0.3) is 0 Å². The number of phenolic OH excluding ortho intramolecular Hbond substituents is 2. The van der Waals surface area contributed by atoms with Gasteiger partial charge in [0.2, 0.25) is 0 Å². The van der Waals surface area contributed by atoms with Crippen molar-refractivity contribution in [3.8, 4) is 11.5 Å². The molecule has 0 aromatic heterocycles. The Morgan fingerprint density at radius 1 is 0.667 bits per heavy atom. The zero-order valence-corrected chi connectivity index (χ0v) is 9.56. The first-order chi connectivity index (χ1) is 8.58. The van der Waals surface area contributed by atoms with E-state index in [2.05, 4.69) is 0 Å². The topological polar surface area (TPSA) is 80.9 Å². The van der Waals surface area contributed by atoms with Crippen molar-refractivity contribution in [1.82, 2.24) is 0 Å². The lowest BCUT2D eigenvalue weighted by molar-refractivity contribution is 0.0170. The van der Waals surface area contributed by atoms with Crippen LogP contribution in [0.2, 0.25) is 0 Å². The molecule has 0 saturated heterocycles. The first kappa shape index (κ1) is 12.4. The zero-order valence-electron chi connectivity index (χ0n) is 9.56. The largest absolute Gasteiger partial charge is 0.508 e. The predicted octanol–water partition coefficient (Wildman–Crippen LogP) is 1.86. The fourth-order valence-electron chi connectivity index (χ4n) is 1.78. The highest BCUT2D eigenvalue weighted by atomic mass is 16.3. The van der Waals surface area contributed by atoms with Crippen molar-refractivity contribution < 1.29 is 20.4 Å². The standard InChI is InChI=1S/C14H14O4/c15-11-5-1-3-9(7-11)13(17)14(18)10-4-2-6-12(16)8-10/h1-8,13-18H/t13-,14-/m1/s1. The Bertz CT molecular complexity index is 489. The minimum absolute atomic E-state index is 0.0228. The maximum atomic E-state index is 10.0. The van der Waals surface area contributed by atoms with Crippen LogP contribution in [-0.4, -0.2) is 20.4 Å². The van der Waals surface area contributed by atoms with E-state index in [0.717, 1.165) is 0 Å². The van der Waals surface area contributed by atoms with Crippen LogP contribution in [0.25, 0.3) is 0 Å². The summed E-state index contributed by atoms with van der Waals surface area (Å²) in [6.07, 6.45) is -2.34. The van der Waals surface area contributed by atoms with Gasteiger partial charge < -0.3 is 20.4 Å². The van der Waals surface area contributed by atoms with Crippen molar-refractivity contribution in [3.63, 3.8) is 0 Å². The van der Waals surface area contributed by atoms with Crippen molar-refractivity contribution in [1.29, 1.82) is 0 Å². The molecule has 2 aromatic carbocycles. The minimum atomic E-state index is -1.17. The number of rotatable bonds is 3. The number of phenols is 2. The molecule has 2 aromatic rings. The van der Waals surface area contributed by atoms with Crippen LogP contribution in [0.3, 0.4) is 0 Å². The molecule has 4 N–H and O–H groups in total. The van der Waals surface area contributed by atoms with Crippen molar-refractivity contribution in [3.05, 3.63) is 59.7 Å². The van der Waals surface area contributed by atoms with Crippen LogP contribution < -0.4 is 0 Å². The molecule has 0 heterocycles. The first-order valence-electron chi connectivity index (χ1n) is 5.52. The molecule has 0 amide bonds. The summed E-state index contributed by atoms with van der Waals surface area (Å²) in [6.45, 7) is 0. The highest BCUT2D eigenvalue weighted by Gasteiger charge is 2.20. The average molecular weight is 246 g/mol. The Morgan fingerprint density at radius 3 is 1.39 bits per heavy atom. The van der Waals surface area contributed by atoms with Crippen LogP contribution >= 0.6 is 0 Å². The Kier molecular flexibility index (Phi) is 3.50. The van der Waals surface area contributed by atoms with E-state index >= 15 is 0 Å². The summed E-state index contributed by atoms with van der Waals surface area (Å²) in [5.41, 5.74) is 0.816. The lowest BCUT2D eigenvalue weighted by Crippen LogP contribution is -2.10. The number of benzene rings is 2. The van der Waals surface area contributed by atoms with Gasteiger partial charge in [-0.2, -0.15) is 0 Å². The summed E-state index contributed by atoms with van der Waals surface area (Å²) in [5, 5.41) is 38.7. The SMILES string of the molecule is Oc1cccc([C@@H](O)[C@H](O)c2cccc(O)c2)c1. The second kappa shape index (κ2) is 5.08. The molecule has 0 aliphatic carbocycles. The monoisotopic (exact) mass is 246 g/mol. The van der Waals surface area contributed by atoms with Crippen LogP contribution in [0.5, 0.6) is 11.5 Å². The summed E-state index contributed by atoms with van der Waals surface area (Å²) in [6, 6.07) is 12.1. The molecular weight excluding hydrogens is 232 g/mol. The van der Waals surface area contributed by atoms with E-state index in [1.165, 1.54) is 24.3 Å². The van der Waals surface area contributed by atoms with Crippen molar-refractivity contribution in [2.45, 2.75) is 12.2 Å². The second-order valence-corrected chi connectivity index (χ2v) is 4.08. The van der Waals surface area contributed by atoms with Gasteiger partial charge in [-0.1, -0.05) is 24.3 Å². The van der Waals surface area contributed by atoms with Crippen molar-refractivity contribution in [2.75, 3.05) is 0 Å². The molecule has 0 saturated carbocycles. The number of hydrogen-bond donors (Lipinski definition) is 4. The molecule has 2 atom stereocenters. The van der Waals surface area contributed by atoms with Gasteiger partial charge in [-0.15, -0.1) is 0 Å². The quantitative estimate of drug-likeness (QED) is 0.666. The van der Waals surface area contributed by atoms with E-state index in [1.54, 1.807) is 24.3 Å². The van der Waals surface area contributed by atoms with Crippen LogP contribution in [0.15, 0.2) is 48.5 Å². The predicted molar refractivity (Wildman–Crippen MR) is 66.1 cm³/mol. The molecule has 0 aliphatic rings. The Balaban J connectivity index is 2.26. The Morgan fingerprint density at radius 2 is 1.06 bits per heavy atom. The summed E-state index contributed by atoms with van der Waals surface area (Å²) < 4.78 is 0. The van der Waals surface area contributed by atoms with Crippen LogP contribution in [0.1, 0.15) is 23.3 Å². The average Bonchev–Trinajstić information content (AvgIpc) is 2.37. The van der Waals surface area contributed by atoms with Gasteiger partial charge in [0.15, 0.2) is 0 Å². The maximum absolute atomic E-state index is 10.0. The molecule has 4 heteroatoms. The van der Waals surface area contributed by atoms with Gasteiger partial charge in [0, 0.05) is 0 Å². The summed E-state index contributed by atoms with van der Waals surface area (Å²) in [7, 11) is 0. The van der Waals surface area contributed by atoms with E-state index in [4.69, 9.17) is 0 Å². The molecule has 4 nitrogen and oxygen atoms in total. The number of aliphatic hydroxyl groups excluding tert-OH is 2. The van der Waals surface area contributed by atoms with E-state index in [9.17, 15) is 20.4 Å². The van der Waals surface area contributed by atoms with E-state index in [1.807, 2.05) is 0 Å². The van der Waals surface area contributed by atoms with Crippen molar-refractivity contribution >= 4 is 0 Å². The smallest absolute Gasteiger partial charge is 0.115 e. The molecule has 0 unspecified atom stereocenters. The Hall–Kier alpha value is -2.04. The van der Waals surface area contributed by atoms with Gasteiger partial charge in [-0.05, 0) is 35.4 Å². The molecule has 2 rings (SSSR count). The molecule has 0 fully saturated rings. The molecule has 0 aliphatic heterocycles. The highest BCUT2D eigenvalue weighted by Crippen LogP contribution is 2.31. The summed E-state index contributed by atoms with van der Waals surface area (Å²) in [5.74, 6) is 0.0457. The second-order valence-electron chi connectivity index (χ2n) is 4.08. The third-order valence-corrected chi connectivity index (χ3v) is 2.72. The minimum Gasteiger partial charge on any atom is -0.508 e. The third-order valence-electron chi connectivity index (χ3n) is 2.72. The first-order valence-corrected chi connectivity index (χ1v) is 5.52. The molecule has 94 valence electrons. The van der Waals surface area contributed by atoms with Crippen LogP contribution in [-0.2, 0) is 0 Å². The van der Waals surface area contributed by atoms with Gasteiger partial charge in [-0.25, -0.2) is 0 Å². The normalized spacial score (nSPS) is 14.1. The Labute approximate surface area is 104 Å². The van der Waals surface area contributed by atoms with Gasteiger partial charge in [0.1, 0.15) is 23.7 Å². The lowest BCUT2D eigenvalue weighted by Gasteiger charge is -2.18. The number of aromatic hydroxyl groups is 2. The number of aliphatic hydroxyl groups is 2. The van der Waals surface area contributed by atoms with Crippen molar-refractivity contribution in [2.24, 2.45) is 0 Å². The van der Waals surface area contributed by atoms with Gasteiger partial charge in [-0.3, -0.25) is 0 Å². The molecule has 0 bridgehead atoms. The summed E-state index contributed by atoms with van der Waals surface area (Å²) in [4.78, 5) is 0. The maximum Gasteiger partial charge on any atom is 0.115 e. The number of hydrogen-bond acceptors (Lipinski definition) is 4. The lowest BCUT2D eigenvalue weighted by atomic mass is 9.98. The molecular formula is C14H14O4. The summed E-state index contributed by atoms with van der Waals surface area (Å²) >= 11 is 0. The molecule has 18 heavy (non-hydrogen) atoms. The highest BCUT2D eigenvalue weighted by molar-refractivity contribution is 5.33. The fourth-order valence-corrected chi connectivity index (χ4v) is 1.78. The van der Waals surface area contributed by atoms with Gasteiger partial charge in [0.05, 0.1) is 0 Å².